The summed E-state index contributed by atoms with van der Waals surface area (Å²) >= 11 is 0. The van der Waals surface area contributed by atoms with Crippen molar-refractivity contribution >= 4 is 19.8 Å². The summed E-state index contributed by atoms with van der Waals surface area (Å²) in [6, 6.07) is 0. The minimum Gasteiger partial charge on any atom is -0.444 e. The molecule has 0 amide bonds. The van der Waals surface area contributed by atoms with Crippen molar-refractivity contribution in [1.29, 1.82) is 0 Å². The van der Waals surface area contributed by atoms with Gasteiger partial charge in [0.15, 0.2) is 5.78 Å². The molecule has 0 N–H and O–H groups in total. The molecule has 0 aromatic rings. The Morgan fingerprint density at radius 2 is 2.07 bits per heavy atom. The number of rotatable bonds is 5. The van der Waals surface area contributed by atoms with Crippen molar-refractivity contribution in [3.05, 3.63) is 0 Å². The van der Waals surface area contributed by atoms with Gasteiger partial charge in [0, 0.05) is 6.92 Å². The smallest absolute Gasteiger partial charge is 0.303 e. The third-order valence-corrected chi connectivity index (χ3v) is 2.55. The Labute approximate surface area is 82.6 Å². The minimum atomic E-state index is -2.77. The van der Waals surface area contributed by atoms with Gasteiger partial charge in [-0.05, 0) is 6.92 Å². The van der Waals surface area contributed by atoms with Crippen molar-refractivity contribution in [2.75, 3.05) is 6.61 Å². The van der Waals surface area contributed by atoms with E-state index in [4.69, 9.17) is 6.42 Å². The molecule has 5 nitrogen and oxygen atoms in total. The monoisotopic (exact) mass is 218 g/mol. The van der Waals surface area contributed by atoms with Crippen LogP contribution >= 0.6 is 8.03 Å². The lowest BCUT2D eigenvalue weighted by Crippen LogP contribution is -2.21. The molecule has 14 heavy (non-hydrogen) atoms. The lowest BCUT2D eigenvalue weighted by molar-refractivity contribution is -0.148. The average Bonchev–Trinajstić information content (AvgIpc) is 2.09. The fourth-order valence-corrected chi connectivity index (χ4v) is 1.62. The van der Waals surface area contributed by atoms with Crippen molar-refractivity contribution < 1.29 is 23.4 Å². The van der Waals surface area contributed by atoms with Gasteiger partial charge >= 0.3 is 5.97 Å². The van der Waals surface area contributed by atoms with Crippen LogP contribution in [0.15, 0.2) is 0 Å². The van der Waals surface area contributed by atoms with E-state index in [1.807, 2.05) is 0 Å². The maximum atomic E-state index is 11.2. The summed E-state index contributed by atoms with van der Waals surface area (Å²) in [6.45, 7) is 2.10. The highest BCUT2D eigenvalue weighted by Gasteiger charge is 2.24. The molecule has 0 spiro atoms. The Bertz CT molecular complexity index is 291. The van der Waals surface area contributed by atoms with E-state index in [9.17, 15) is 14.2 Å². The molecule has 2 unspecified atom stereocenters. The lowest BCUT2D eigenvalue weighted by atomic mass is 10.5. The summed E-state index contributed by atoms with van der Waals surface area (Å²) in [7, 11) is -2.77. The van der Waals surface area contributed by atoms with Crippen LogP contribution in [0.2, 0.25) is 0 Å². The number of ether oxygens (including phenoxy) is 1. The molecule has 0 bridgehead atoms. The summed E-state index contributed by atoms with van der Waals surface area (Å²) in [6.07, 6.45) is 4.86. The zero-order valence-corrected chi connectivity index (χ0v) is 8.90. The Hall–Kier alpha value is -1.11. The van der Waals surface area contributed by atoms with Gasteiger partial charge in [0.2, 0.25) is 13.9 Å². The minimum absolute atomic E-state index is 0.178. The predicted octanol–water partition coefficient (Wildman–Crippen LogP) is 0.589. The summed E-state index contributed by atoms with van der Waals surface area (Å²) in [5.41, 5.74) is 0. The van der Waals surface area contributed by atoms with Gasteiger partial charge in [-0.15, -0.1) is 6.42 Å². The largest absolute Gasteiger partial charge is 0.444 e. The number of carbonyl (C=O) groups is 2. The molecule has 6 heteroatoms. The topological polar surface area (TPSA) is 69.7 Å². The van der Waals surface area contributed by atoms with Gasteiger partial charge in [0.1, 0.15) is 6.61 Å². The van der Waals surface area contributed by atoms with E-state index >= 15 is 0 Å². The van der Waals surface area contributed by atoms with Crippen molar-refractivity contribution in [2.24, 2.45) is 0 Å². The van der Waals surface area contributed by atoms with E-state index in [0.29, 0.717) is 0 Å². The quantitative estimate of drug-likeness (QED) is 0.383. The molecule has 78 valence electrons. The first kappa shape index (κ1) is 12.9. The number of carbonyl (C=O) groups excluding carboxylic acids is 2. The molecular weight excluding hydrogens is 207 g/mol. The first-order valence-electron chi connectivity index (χ1n) is 3.76. The van der Waals surface area contributed by atoms with Crippen LogP contribution in [0.25, 0.3) is 0 Å². The Morgan fingerprint density at radius 3 is 2.43 bits per heavy atom. The van der Waals surface area contributed by atoms with Crippen molar-refractivity contribution in [2.45, 2.75) is 19.7 Å². The van der Waals surface area contributed by atoms with Crippen LogP contribution in [-0.4, -0.2) is 24.2 Å². The van der Waals surface area contributed by atoms with Crippen LogP contribution in [0.3, 0.4) is 0 Å². The van der Waals surface area contributed by atoms with Gasteiger partial charge in [-0.25, -0.2) is 0 Å². The fraction of sp³-hybridized carbons (Fsp3) is 0.500. The molecule has 0 aliphatic carbocycles. The zero-order valence-electron chi connectivity index (χ0n) is 7.90. The van der Waals surface area contributed by atoms with Crippen molar-refractivity contribution in [1.82, 2.24) is 0 Å². The summed E-state index contributed by atoms with van der Waals surface area (Å²) in [4.78, 5) is 21.4. The number of Topliss-reactive ketones (excluding diaryl/α,β-unsaturated/α-hetero) is 1. The maximum absolute atomic E-state index is 11.2. The van der Waals surface area contributed by atoms with Gasteiger partial charge in [0.05, 0.1) is 0 Å². The number of hydrogen-bond donors (Lipinski definition) is 0. The Balaban J connectivity index is 4.35. The SMILES string of the molecule is C#CCO[PH](=O)C(OC(C)=O)C(C)=O. The zero-order chi connectivity index (χ0) is 11.1. The second-order valence-corrected chi connectivity index (χ2v) is 3.86. The fourth-order valence-electron chi connectivity index (χ4n) is 0.652. The van der Waals surface area contributed by atoms with Crippen molar-refractivity contribution in [3.8, 4) is 12.3 Å². The molecule has 0 aliphatic rings. The second kappa shape index (κ2) is 6.36. The van der Waals surface area contributed by atoms with E-state index in [1.165, 1.54) is 0 Å². The van der Waals surface area contributed by atoms with Crippen LogP contribution in [0, 0.1) is 12.3 Å². The highest BCUT2D eigenvalue weighted by atomic mass is 31.1. The van der Waals surface area contributed by atoms with Gasteiger partial charge in [0.25, 0.3) is 0 Å². The van der Waals surface area contributed by atoms with E-state index in [0.717, 1.165) is 13.8 Å². The summed E-state index contributed by atoms with van der Waals surface area (Å²) in [5.74, 6) is -0.445. The number of ketones is 1. The van der Waals surface area contributed by atoms with Crippen LogP contribution in [0.4, 0.5) is 0 Å². The van der Waals surface area contributed by atoms with Crippen LogP contribution in [-0.2, 0) is 23.4 Å². The van der Waals surface area contributed by atoms with E-state index < -0.39 is 25.6 Å². The first-order valence-corrected chi connectivity index (χ1v) is 5.16. The number of terminal acetylenes is 1. The van der Waals surface area contributed by atoms with Crippen LogP contribution < -0.4 is 0 Å². The molecule has 0 aromatic carbocycles. The maximum Gasteiger partial charge on any atom is 0.303 e. The highest BCUT2D eigenvalue weighted by Crippen LogP contribution is 2.30. The van der Waals surface area contributed by atoms with Gasteiger partial charge in [-0.2, -0.15) is 0 Å². The Kier molecular flexibility index (Phi) is 5.86. The van der Waals surface area contributed by atoms with Gasteiger partial charge in [-0.1, -0.05) is 5.92 Å². The summed E-state index contributed by atoms with van der Waals surface area (Å²) < 4.78 is 20.4. The molecule has 0 rings (SSSR count). The molecule has 0 heterocycles. The molecule has 0 radical (unpaired) electrons. The van der Waals surface area contributed by atoms with Crippen LogP contribution in [0.1, 0.15) is 13.8 Å². The van der Waals surface area contributed by atoms with Gasteiger partial charge in [-0.3, -0.25) is 14.2 Å². The molecule has 0 saturated carbocycles. The van der Waals surface area contributed by atoms with Gasteiger partial charge < -0.3 is 9.26 Å². The second-order valence-electron chi connectivity index (χ2n) is 2.41. The predicted molar refractivity (Wildman–Crippen MR) is 50.0 cm³/mol. The third-order valence-electron chi connectivity index (χ3n) is 1.16. The summed E-state index contributed by atoms with van der Waals surface area (Å²) in [5, 5.41) is 0. The number of esters is 1. The molecule has 0 fully saturated rings. The lowest BCUT2D eigenvalue weighted by Gasteiger charge is -2.12. The number of hydrogen-bond acceptors (Lipinski definition) is 5. The normalized spacial score (nSPS) is 13.8. The van der Waals surface area contributed by atoms with Crippen molar-refractivity contribution in [3.63, 3.8) is 0 Å². The first-order chi connectivity index (χ1) is 6.49. The molecule has 0 aromatic heterocycles. The molecule has 2 atom stereocenters. The molecule has 0 aliphatic heterocycles. The highest BCUT2D eigenvalue weighted by molar-refractivity contribution is 7.41. The van der Waals surface area contributed by atoms with E-state index in [1.54, 1.807) is 0 Å². The third kappa shape index (κ3) is 4.80. The van der Waals surface area contributed by atoms with Crippen LogP contribution in [0.5, 0.6) is 0 Å². The standard InChI is InChI=1S/C8H11O5P/c1-4-5-12-14(11)8(6(2)9)13-7(3)10/h1,8,14H,5H2,2-3H3. The van der Waals surface area contributed by atoms with E-state index in [2.05, 4.69) is 15.2 Å². The Morgan fingerprint density at radius 1 is 1.50 bits per heavy atom. The molecule has 0 saturated heterocycles. The molecular formula is C8H11O5P. The average molecular weight is 218 g/mol. The van der Waals surface area contributed by atoms with E-state index in [-0.39, 0.29) is 6.61 Å².